The average Bonchev–Trinajstić information content (AvgIpc) is 1.96. The van der Waals surface area contributed by atoms with Gasteiger partial charge in [-0.05, 0) is 0 Å². The van der Waals surface area contributed by atoms with Crippen molar-refractivity contribution in [1.29, 1.82) is 0 Å². The molecule has 0 heterocycles. The Morgan fingerprint density at radius 2 is 2.00 bits per heavy atom. The third-order valence-electron chi connectivity index (χ3n) is 0.734. The largest absolute Gasteiger partial charge is 0.400 e. The molecule has 0 aliphatic heterocycles. The highest BCUT2D eigenvalue weighted by Crippen LogP contribution is 1.74. The highest BCUT2D eigenvalue weighted by Gasteiger charge is 1.83. The third-order valence-corrected chi connectivity index (χ3v) is 0.734. The zero-order chi connectivity index (χ0) is 7.70. The first kappa shape index (κ1) is 11.2. The van der Waals surface area contributed by atoms with Crippen molar-refractivity contribution in [3.05, 3.63) is 0 Å². The molecule has 0 radical (unpaired) electrons. The van der Waals surface area contributed by atoms with E-state index in [1.165, 1.54) is 0 Å². The Labute approximate surface area is 55.2 Å². The number of rotatable bonds is 1. The number of aliphatic imine (C=N–C) groups is 1. The fourth-order valence-electron chi connectivity index (χ4n) is 0.287. The topological polar surface area (TPSA) is 64.9 Å². The van der Waals surface area contributed by atoms with Crippen LogP contribution in [0, 0.1) is 0 Å². The molecule has 0 aromatic heterocycles. The molecule has 0 aliphatic carbocycles. The molecule has 0 aromatic rings. The lowest BCUT2D eigenvalue weighted by atomic mass is 10.5. The van der Waals surface area contributed by atoms with E-state index >= 15 is 0 Å². The van der Waals surface area contributed by atoms with Gasteiger partial charge in [-0.1, -0.05) is 6.92 Å². The molecule has 0 bridgehead atoms. The molecule has 0 aliphatic rings. The van der Waals surface area contributed by atoms with Crippen molar-refractivity contribution < 1.29 is 10.3 Å². The Bertz CT molecular complexity index is 67.4. The predicted octanol–water partition coefficient (Wildman–Crippen LogP) is 0.0120. The molecule has 4 nitrogen and oxygen atoms in total. The van der Waals surface area contributed by atoms with Crippen LogP contribution in [0.2, 0.25) is 0 Å². The minimum Gasteiger partial charge on any atom is -0.400 e. The maximum Gasteiger partial charge on any atom is 0.120 e. The van der Waals surface area contributed by atoms with E-state index < -0.39 is 0 Å². The Morgan fingerprint density at radius 3 is 2.00 bits per heavy atom. The highest BCUT2D eigenvalue weighted by atomic mass is 16.5. The molecule has 9 heavy (non-hydrogen) atoms. The number of hydrogen-bond acceptors (Lipinski definition) is 3. The summed E-state index contributed by atoms with van der Waals surface area (Å²) in [6.45, 7) is 1.91. The molecule has 3 N–H and O–H groups in total. The van der Waals surface area contributed by atoms with Gasteiger partial charge in [0.1, 0.15) is 5.84 Å². The van der Waals surface area contributed by atoms with Crippen molar-refractivity contribution in [2.45, 2.75) is 13.3 Å². The van der Waals surface area contributed by atoms with Gasteiger partial charge in [0.05, 0.1) is 0 Å². The molecule has 0 amide bonds. The van der Waals surface area contributed by atoms with Crippen molar-refractivity contribution in [2.24, 2.45) is 4.99 Å². The molecular weight excluding hydrogens is 120 g/mol. The van der Waals surface area contributed by atoms with Crippen LogP contribution in [-0.2, 0) is 0 Å². The second kappa shape index (κ2) is 10.4. The van der Waals surface area contributed by atoms with Gasteiger partial charge in [-0.2, -0.15) is 0 Å². The van der Waals surface area contributed by atoms with E-state index in [2.05, 4.69) is 4.99 Å². The van der Waals surface area contributed by atoms with Crippen molar-refractivity contribution >= 4 is 5.84 Å². The van der Waals surface area contributed by atoms with Crippen LogP contribution < -0.4 is 5.48 Å². The molecule has 56 valence electrons. The van der Waals surface area contributed by atoms with Crippen molar-refractivity contribution in [2.75, 3.05) is 14.2 Å². The van der Waals surface area contributed by atoms with E-state index in [1.807, 2.05) is 12.4 Å². The maximum absolute atomic E-state index is 8.15. The summed E-state index contributed by atoms with van der Waals surface area (Å²) in [4.78, 5) is 3.68. The highest BCUT2D eigenvalue weighted by molar-refractivity contribution is 5.80. The zero-order valence-electron chi connectivity index (χ0n) is 6.05. The maximum atomic E-state index is 8.15. The molecule has 0 spiro atoms. The van der Waals surface area contributed by atoms with Crippen LogP contribution in [-0.4, -0.2) is 30.3 Å². The lowest BCUT2D eigenvalue weighted by molar-refractivity contribution is 0.232. The standard InChI is InChI=1S/C4H10N2O.CH4O/c1-3-4(5-2)6-7;1-2/h7H,3H2,1-2H3,(H,5,6);2H,1H3. The normalized spacial score (nSPS) is 9.67. The summed E-state index contributed by atoms with van der Waals surface area (Å²) in [7, 11) is 2.63. The van der Waals surface area contributed by atoms with Gasteiger partial charge >= 0.3 is 0 Å². The van der Waals surface area contributed by atoms with Gasteiger partial charge in [0.2, 0.25) is 0 Å². The number of hydrogen-bond donors (Lipinski definition) is 3. The van der Waals surface area contributed by atoms with Crippen LogP contribution in [0.5, 0.6) is 0 Å². The first-order chi connectivity index (χ1) is 4.35. The second-order valence-electron chi connectivity index (χ2n) is 1.14. The SMILES string of the molecule is CCC(=NC)NO.CO. The van der Waals surface area contributed by atoms with Crippen molar-refractivity contribution in [1.82, 2.24) is 5.48 Å². The summed E-state index contributed by atoms with van der Waals surface area (Å²) in [5, 5.41) is 15.1. The average molecular weight is 134 g/mol. The van der Waals surface area contributed by atoms with E-state index in [0.717, 1.165) is 13.5 Å². The Balaban J connectivity index is 0. The van der Waals surface area contributed by atoms with E-state index in [4.69, 9.17) is 10.3 Å². The summed E-state index contributed by atoms with van der Waals surface area (Å²) in [6.07, 6.45) is 0.743. The van der Waals surface area contributed by atoms with Crippen molar-refractivity contribution in [3.8, 4) is 0 Å². The van der Waals surface area contributed by atoms with Crippen LogP contribution in [0.25, 0.3) is 0 Å². The van der Waals surface area contributed by atoms with Gasteiger partial charge in [0.25, 0.3) is 0 Å². The van der Waals surface area contributed by atoms with Crippen LogP contribution in [0.3, 0.4) is 0 Å². The van der Waals surface area contributed by atoms with E-state index in [-0.39, 0.29) is 0 Å². The van der Waals surface area contributed by atoms with E-state index in [9.17, 15) is 0 Å². The van der Waals surface area contributed by atoms with Crippen molar-refractivity contribution in [3.63, 3.8) is 0 Å². The Kier molecular flexibility index (Phi) is 13.0. The van der Waals surface area contributed by atoms with Crippen LogP contribution >= 0.6 is 0 Å². The Morgan fingerprint density at radius 1 is 1.56 bits per heavy atom. The van der Waals surface area contributed by atoms with Gasteiger partial charge < -0.3 is 5.11 Å². The summed E-state index contributed by atoms with van der Waals surface area (Å²) in [5.41, 5.74) is 1.95. The first-order valence-corrected chi connectivity index (χ1v) is 2.65. The molecule has 0 atom stereocenters. The van der Waals surface area contributed by atoms with Gasteiger partial charge in [0.15, 0.2) is 0 Å². The van der Waals surface area contributed by atoms with E-state index in [0.29, 0.717) is 5.84 Å². The first-order valence-electron chi connectivity index (χ1n) is 2.65. The summed E-state index contributed by atoms with van der Waals surface area (Å²) >= 11 is 0. The summed E-state index contributed by atoms with van der Waals surface area (Å²) in [6, 6.07) is 0. The number of aliphatic hydroxyl groups is 1. The van der Waals surface area contributed by atoms with Crippen LogP contribution in [0.4, 0.5) is 0 Å². The minimum atomic E-state index is 0.611. The quantitative estimate of drug-likeness (QED) is 0.269. The second-order valence-corrected chi connectivity index (χ2v) is 1.14. The fraction of sp³-hybridized carbons (Fsp3) is 0.800. The molecule has 0 saturated carbocycles. The molecule has 0 aromatic carbocycles. The van der Waals surface area contributed by atoms with Gasteiger partial charge in [0, 0.05) is 20.6 Å². The number of aliphatic hydroxyl groups excluding tert-OH is 1. The molecule has 0 rings (SSSR count). The fourth-order valence-corrected chi connectivity index (χ4v) is 0.287. The predicted molar refractivity (Wildman–Crippen MR) is 36.7 cm³/mol. The van der Waals surface area contributed by atoms with Gasteiger partial charge in [-0.25, -0.2) is 0 Å². The lowest BCUT2D eigenvalue weighted by Crippen LogP contribution is -2.16. The Hall–Kier alpha value is -0.610. The van der Waals surface area contributed by atoms with Crippen LogP contribution in [0.15, 0.2) is 4.99 Å². The number of amidine groups is 1. The van der Waals surface area contributed by atoms with Crippen LogP contribution in [0.1, 0.15) is 13.3 Å². The van der Waals surface area contributed by atoms with E-state index in [1.54, 1.807) is 7.05 Å². The monoisotopic (exact) mass is 134 g/mol. The summed E-state index contributed by atoms with van der Waals surface area (Å²) in [5.74, 6) is 0.611. The lowest BCUT2D eigenvalue weighted by Gasteiger charge is -1.94. The van der Waals surface area contributed by atoms with Gasteiger partial charge in [-0.3, -0.25) is 15.7 Å². The smallest absolute Gasteiger partial charge is 0.120 e. The number of nitrogens with one attached hydrogen (secondary N) is 1. The molecular formula is C5H14N2O2. The summed E-state index contributed by atoms with van der Waals surface area (Å²) < 4.78 is 0. The number of hydroxylamine groups is 1. The molecule has 0 saturated heterocycles. The third kappa shape index (κ3) is 7.39. The number of nitrogens with zero attached hydrogens (tertiary/aromatic N) is 1. The minimum absolute atomic E-state index is 0.611. The molecule has 0 unspecified atom stereocenters. The zero-order valence-corrected chi connectivity index (χ0v) is 6.05. The van der Waals surface area contributed by atoms with Gasteiger partial charge in [-0.15, -0.1) is 0 Å². The molecule has 0 fully saturated rings. The molecule has 4 heteroatoms.